The molecule has 1 N–H and O–H groups in total. The molecule has 3 fully saturated rings. The third-order valence-corrected chi connectivity index (χ3v) is 8.47. The van der Waals surface area contributed by atoms with Crippen LogP contribution >= 0.6 is 0 Å². The van der Waals surface area contributed by atoms with Crippen LogP contribution in [0.1, 0.15) is 65.7 Å². The molecular formula is C30H39FN4O3. The minimum atomic E-state index is -0.306. The molecule has 7 nitrogen and oxygen atoms in total. The lowest BCUT2D eigenvalue weighted by molar-refractivity contribution is 0.0832. The van der Waals surface area contributed by atoms with Gasteiger partial charge < -0.3 is 19.9 Å². The number of nitrogens with zero attached hydrogens (tertiary/aromatic N) is 3. The van der Waals surface area contributed by atoms with E-state index in [1.54, 1.807) is 18.3 Å². The lowest BCUT2D eigenvalue weighted by atomic mass is 9.83. The first-order chi connectivity index (χ1) is 18.5. The normalized spacial score (nSPS) is 23.2. The second kappa shape index (κ2) is 12.8. The van der Waals surface area contributed by atoms with Gasteiger partial charge in [-0.1, -0.05) is 0 Å². The molecule has 0 spiro atoms. The van der Waals surface area contributed by atoms with Gasteiger partial charge in [0, 0.05) is 36.8 Å². The van der Waals surface area contributed by atoms with E-state index in [9.17, 15) is 14.0 Å². The van der Waals surface area contributed by atoms with E-state index in [4.69, 9.17) is 4.74 Å². The standard InChI is InChI=1S/C30H39FN4O3/c31-26-6-3-23(4-7-26)29(36)24-12-15-34(16-13-24)14-11-22-1-8-27(9-2-22)33-30(37)25-5-10-28(32-21-25)35-17-19-38-20-18-35/h3-7,10,21-22,24,27H,1-2,8-9,11-20H2,(H,33,37). The molecule has 0 bridgehead atoms. The Bertz CT molecular complexity index is 1060. The number of morpholine rings is 1. The summed E-state index contributed by atoms with van der Waals surface area (Å²) in [6, 6.07) is 9.95. The molecule has 8 heteroatoms. The van der Waals surface area contributed by atoms with Gasteiger partial charge in [0.25, 0.3) is 5.91 Å². The fourth-order valence-corrected chi connectivity index (χ4v) is 6.00. The monoisotopic (exact) mass is 522 g/mol. The van der Waals surface area contributed by atoms with Crippen LogP contribution in [0, 0.1) is 17.7 Å². The van der Waals surface area contributed by atoms with Crippen molar-refractivity contribution >= 4 is 17.5 Å². The Morgan fingerprint density at radius 2 is 1.58 bits per heavy atom. The number of ether oxygens (including phenoxy) is 1. The summed E-state index contributed by atoms with van der Waals surface area (Å²) < 4.78 is 18.5. The van der Waals surface area contributed by atoms with Crippen LogP contribution in [0.15, 0.2) is 42.6 Å². The van der Waals surface area contributed by atoms with Gasteiger partial charge in [-0.25, -0.2) is 9.37 Å². The van der Waals surface area contributed by atoms with E-state index >= 15 is 0 Å². The van der Waals surface area contributed by atoms with Crippen LogP contribution in [0.4, 0.5) is 10.2 Å². The van der Waals surface area contributed by atoms with E-state index in [1.165, 1.54) is 18.6 Å². The number of Topliss-reactive ketones (excluding diaryl/α,β-unsaturated/α-hetero) is 1. The van der Waals surface area contributed by atoms with Gasteiger partial charge in [-0.2, -0.15) is 0 Å². The molecule has 0 atom stereocenters. The summed E-state index contributed by atoms with van der Waals surface area (Å²) in [6.45, 7) is 6.05. The van der Waals surface area contributed by atoms with Gasteiger partial charge in [0.15, 0.2) is 5.78 Å². The van der Waals surface area contributed by atoms with E-state index in [0.29, 0.717) is 30.3 Å². The summed E-state index contributed by atoms with van der Waals surface area (Å²) in [5.41, 5.74) is 1.24. The number of hydrogen-bond acceptors (Lipinski definition) is 6. The van der Waals surface area contributed by atoms with Gasteiger partial charge in [-0.05, 0) is 107 Å². The molecule has 3 aliphatic rings. The molecule has 3 heterocycles. The summed E-state index contributed by atoms with van der Waals surface area (Å²) in [6.07, 6.45) is 8.91. The molecule has 5 rings (SSSR count). The summed E-state index contributed by atoms with van der Waals surface area (Å²) in [5.74, 6) is 1.44. The number of pyridine rings is 1. The molecule has 1 aliphatic carbocycles. The van der Waals surface area contributed by atoms with Crippen molar-refractivity contribution in [2.75, 3.05) is 50.8 Å². The van der Waals surface area contributed by atoms with Crippen molar-refractivity contribution in [3.05, 3.63) is 59.5 Å². The molecule has 2 saturated heterocycles. The molecule has 204 valence electrons. The van der Waals surface area contributed by atoms with E-state index in [2.05, 4.69) is 20.1 Å². The predicted molar refractivity (Wildman–Crippen MR) is 145 cm³/mol. The van der Waals surface area contributed by atoms with Gasteiger partial charge in [0.1, 0.15) is 11.6 Å². The zero-order chi connectivity index (χ0) is 26.3. The summed E-state index contributed by atoms with van der Waals surface area (Å²) >= 11 is 0. The van der Waals surface area contributed by atoms with Crippen molar-refractivity contribution in [2.24, 2.45) is 11.8 Å². The Balaban J connectivity index is 0.986. The molecule has 0 radical (unpaired) electrons. The molecule has 1 saturated carbocycles. The molecule has 2 aliphatic heterocycles. The summed E-state index contributed by atoms with van der Waals surface area (Å²) in [7, 11) is 0. The van der Waals surface area contributed by atoms with E-state index in [0.717, 1.165) is 77.1 Å². The Hall–Kier alpha value is -2.84. The third kappa shape index (κ3) is 6.97. The maximum Gasteiger partial charge on any atom is 0.253 e. The maximum absolute atomic E-state index is 13.2. The molecule has 1 amide bonds. The largest absolute Gasteiger partial charge is 0.378 e. The summed E-state index contributed by atoms with van der Waals surface area (Å²) in [4.78, 5) is 34.7. The van der Waals surface area contributed by atoms with E-state index in [1.807, 2.05) is 12.1 Å². The second-order valence-corrected chi connectivity index (χ2v) is 11.0. The maximum atomic E-state index is 13.2. The number of anilines is 1. The highest BCUT2D eigenvalue weighted by Gasteiger charge is 2.27. The van der Waals surface area contributed by atoms with Gasteiger partial charge >= 0.3 is 0 Å². The molecule has 1 aromatic heterocycles. The number of carbonyl (C=O) groups is 2. The topological polar surface area (TPSA) is 74.8 Å². The molecule has 2 aromatic rings. The lowest BCUT2D eigenvalue weighted by Crippen LogP contribution is -2.39. The Kier molecular flexibility index (Phi) is 9.02. The lowest BCUT2D eigenvalue weighted by Gasteiger charge is -2.34. The highest BCUT2D eigenvalue weighted by atomic mass is 19.1. The van der Waals surface area contributed by atoms with Crippen molar-refractivity contribution in [3.8, 4) is 0 Å². The van der Waals surface area contributed by atoms with Crippen molar-refractivity contribution in [3.63, 3.8) is 0 Å². The van der Waals surface area contributed by atoms with Crippen molar-refractivity contribution < 1.29 is 18.7 Å². The summed E-state index contributed by atoms with van der Waals surface area (Å²) in [5, 5.41) is 3.22. The number of halogens is 1. The Morgan fingerprint density at radius 3 is 2.24 bits per heavy atom. The van der Waals surface area contributed by atoms with Crippen LogP contribution < -0.4 is 10.2 Å². The zero-order valence-corrected chi connectivity index (χ0v) is 22.1. The van der Waals surface area contributed by atoms with Crippen LogP contribution in [0.3, 0.4) is 0 Å². The van der Waals surface area contributed by atoms with Gasteiger partial charge in [-0.15, -0.1) is 0 Å². The van der Waals surface area contributed by atoms with Gasteiger partial charge in [0.05, 0.1) is 18.8 Å². The second-order valence-electron chi connectivity index (χ2n) is 11.0. The van der Waals surface area contributed by atoms with Crippen LogP contribution in [0.25, 0.3) is 0 Å². The first-order valence-electron chi connectivity index (χ1n) is 14.2. The highest BCUT2D eigenvalue weighted by Crippen LogP contribution is 2.29. The molecular weight excluding hydrogens is 483 g/mol. The van der Waals surface area contributed by atoms with E-state index < -0.39 is 0 Å². The predicted octanol–water partition coefficient (Wildman–Crippen LogP) is 4.33. The molecule has 38 heavy (non-hydrogen) atoms. The first kappa shape index (κ1) is 26.8. The molecule has 1 aromatic carbocycles. The number of carbonyl (C=O) groups excluding carboxylic acids is 2. The Labute approximate surface area is 224 Å². The third-order valence-electron chi connectivity index (χ3n) is 8.47. The van der Waals surface area contributed by atoms with Crippen LogP contribution in [0.5, 0.6) is 0 Å². The highest BCUT2D eigenvalue weighted by molar-refractivity contribution is 5.97. The number of benzene rings is 1. The fourth-order valence-electron chi connectivity index (χ4n) is 6.00. The number of amides is 1. The minimum Gasteiger partial charge on any atom is -0.378 e. The van der Waals surface area contributed by atoms with Crippen molar-refractivity contribution in [1.82, 2.24) is 15.2 Å². The van der Waals surface area contributed by atoms with E-state index in [-0.39, 0.29) is 29.5 Å². The average molecular weight is 523 g/mol. The number of hydrogen-bond donors (Lipinski definition) is 1. The first-order valence-corrected chi connectivity index (χ1v) is 14.2. The number of nitrogens with one attached hydrogen (secondary N) is 1. The van der Waals surface area contributed by atoms with Gasteiger partial charge in [-0.3, -0.25) is 9.59 Å². The number of piperidine rings is 1. The SMILES string of the molecule is O=C(NC1CCC(CCN2CCC(C(=O)c3ccc(F)cc3)CC2)CC1)c1ccc(N2CCOCC2)nc1. The minimum absolute atomic E-state index is 0.0347. The van der Waals surface area contributed by atoms with Crippen molar-refractivity contribution in [1.29, 1.82) is 0 Å². The van der Waals surface area contributed by atoms with Crippen molar-refractivity contribution in [2.45, 2.75) is 51.0 Å². The quantitative estimate of drug-likeness (QED) is 0.520. The molecule has 0 unspecified atom stereocenters. The van der Waals surface area contributed by atoms with Crippen LogP contribution in [-0.2, 0) is 4.74 Å². The smallest absolute Gasteiger partial charge is 0.253 e. The van der Waals surface area contributed by atoms with Crippen LogP contribution in [0.2, 0.25) is 0 Å². The number of likely N-dealkylation sites (tertiary alicyclic amines) is 1. The number of aromatic nitrogens is 1. The fraction of sp³-hybridized carbons (Fsp3) is 0.567. The number of rotatable bonds is 8. The Morgan fingerprint density at radius 1 is 0.895 bits per heavy atom. The zero-order valence-electron chi connectivity index (χ0n) is 22.1. The number of ketones is 1. The van der Waals surface area contributed by atoms with Crippen LogP contribution in [-0.4, -0.2) is 73.6 Å². The average Bonchev–Trinajstić information content (AvgIpc) is 2.97. The van der Waals surface area contributed by atoms with Gasteiger partial charge in [0.2, 0.25) is 0 Å².